The van der Waals surface area contributed by atoms with Crippen molar-refractivity contribution in [3.63, 3.8) is 0 Å². The van der Waals surface area contributed by atoms with Crippen molar-refractivity contribution in [3.05, 3.63) is 84.4 Å². The molecule has 3 aromatic carbocycles. The van der Waals surface area contributed by atoms with E-state index in [4.69, 9.17) is 14.2 Å². The molecular weight excluding hydrogens is 430 g/mol. The molecule has 2 aliphatic heterocycles. The van der Waals surface area contributed by atoms with Gasteiger partial charge in [0, 0.05) is 38.4 Å². The molecule has 1 amide bonds. The molecule has 0 bridgehead atoms. The zero-order chi connectivity index (χ0) is 23.2. The van der Waals surface area contributed by atoms with E-state index >= 15 is 0 Å². The summed E-state index contributed by atoms with van der Waals surface area (Å²) in [5, 5.41) is 3.07. The van der Waals surface area contributed by atoms with Crippen LogP contribution in [0.25, 0.3) is 0 Å². The van der Waals surface area contributed by atoms with Gasteiger partial charge in [0.05, 0.1) is 6.04 Å². The highest BCUT2D eigenvalue weighted by atomic mass is 16.7. The van der Waals surface area contributed by atoms with E-state index < -0.39 is 0 Å². The van der Waals surface area contributed by atoms with Gasteiger partial charge in [-0.2, -0.15) is 0 Å². The van der Waals surface area contributed by atoms with E-state index in [1.807, 2.05) is 48.5 Å². The van der Waals surface area contributed by atoms with Gasteiger partial charge in [-0.3, -0.25) is 9.69 Å². The molecule has 0 aliphatic carbocycles. The predicted octanol–water partition coefficient (Wildman–Crippen LogP) is 3.47. The number of carbonyl (C=O) groups excluding carboxylic acids is 1. The molecule has 1 unspecified atom stereocenters. The topological polar surface area (TPSA) is 63.3 Å². The Morgan fingerprint density at radius 2 is 1.59 bits per heavy atom. The first-order valence-electron chi connectivity index (χ1n) is 11.6. The number of nitrogens with one attached hydrogen (secondary N) is 1. The summed E-state index contributed by atoms with van der Waals surface area (Å²) in [6, 6.07) is 25.9. The zero-order valence-corrected chi connectivity index (χ0v) is 19.1. The van der Waals surface area contributed by atoms with Crippen LogP contribution in [0.2, 0.25) is 0 Å². The molecule has 5 rings (SSSR count). The normalized spacial score (nSPS) is 16.2. The Hall–Kier alpha value is -3.71. The third-order valence-corrected chi connectivity index (χ3v) is 6.26. The van der Waals surface area contributed by atoms with Crippen molar-refractivity contribution in [1.29, 1.82) is 0 Å². The maximum atomic E-state index is 12.6. The van der Waals surface area contributed by atoms with Gasteiger partial charge in [0.1, 0.15) is 5.75 Å². The molecule has 2 aliphatic rings. The van der Waals surface area contributed by atoms with E-state index in [1.54, 1.807) is 0 Å². The summed E-state index contributed by atoms with van der Waals surface area (Å²) in [7, 11) is 0. The van der Waals surface area contributed by atoms with Crippen LogP contribution in [0.5, 0.6) is 17.2 Å². The lowest BCUT2D eigenvalue weighted by atomic mass is 10.0. The summed E-state index contributed by atoms with van der Waals surface area (Å²) in [5.74, 6) is 2.06. The zero-order valence-electron chi connectivity index (χ0n) is 19.1. The number of nitrogens with zero attached hydrogens (tertiary/aromatic N) is 2. The Labute approximate surface area is 199 Å². The van der Waals surface area contributed by atoms with E-state index in [1.165, 1.54) is 5.69 Å². The van der Waals surface area contributed by atoms with E-state index in [0.29, 0.717) is 12.3 Å². The number of hydrogen-bond acceptors (Lipinski definition) is 6. The van der Waals surface area contributed by atoms with Crippen molar-refractivity contribution in [2.75, 3.05) is 51.0 Å². The average Bonchev–Trinajstić information content (AvgIpc) is 3.37. The largest absolute Gasteiger partial charge is 0.484 e. The van der Waals surface area contributed by atoms with Gasteiger partial charge in [-0.15, -0.1) is 0 Å². The van der Waals surface area contributed by atoms with Crippen LogP contribution in [0.1, 0.15) is 11.6 Å². The number of amides is 1. The number of fused-ring (bicyclic) bond motifs is 1. The van der Waals surface area contributed by atoms with E-state index in [9.17, 15) is 4.79 Å². The minimum Gasteiger partial charge on any atom is -0.484 e. The van der Waals surface area contributed by atoms with Gasteiger partial charge < -0.3 is 24.4 Å². The second kappa shape index (κ2) is 10.5. The molecule has 7 heteroatoms. The molecule has 0 aromatic heterocycles. The third-order valence-electron chi connectivity index (χ3n) is 6.26. The van der Waals surface area contributed by atoms with Gasteiger partial charge in [0.15, 0.2) is 18.1 Å². The Bertz CT molecular complexity index is 1090. The van der Waals surface area contributed by atoms with Gasteiger partial charge >= 0.3 is 0 Å². The first-order chi connectivity index (χ1) is 16.8. The van der Waals surface area contributed by atoms with Crippen molar-refractivity contribution in [2.45, 2.75) is 6.04 Å². The van der Waals surface area contributed by atoms with E-state index in [0.717, 1.165) is 43.2 Å². The molecule has 1 N–H and O–H groups in total. The molecule has 3 aromatic rings. The Morgan fingerprint density at radius 1 is 0.882 bits per heavy atom. The number of ether oxygens (including phenoxy) is 3. The maximum Gasteiger partial charge on any atom is 0.258 e. The monoisotopic (exact) mass is 459 g/mol. The summed E-state index contributed by atoms with van der Waals surface area (Å²) in [6.07, 6.45) is 0. The summed E-state index contributed by atoms with van der Waals surface area (Å²) in [4.78, 5) is 17.4. The number of anilines is 1. The van der Waals surface area contributed by atoms with Crippen LogP contribution in [-0.2, 0) is 4.79 Å². The summed E-state index contributed by atoms with van der Waals surface area (Å²) >= 11 is 0. The lowest BCUT2D eigenvalue weighted by Crippen LogP contribution is -2.50. The molecule has 0 radical (unpaired) electrons. The lowest BCUT2D eigenvalue weighted by Gasteiger charge is -2.40. The Kier molecular flexibility index (Phi) is 6.81. The van der Waals surface area contributed by atoms with Gasteiger partial charge in [0.25, 0.3) is 5.91 Å². The lowest BCUT2D eigenvalue weighted by molar-refractivity contribution is -0.123. The number of piperazine rings is 1. The van der Waals surface area contributed by atoms with Gasteiger partial charge in [-0.25, -0.2) is 0 Å². The smallest absolute Gasteiger partial charge is 0.258 e. The summed E-state index contributed by atoms with van der Waals surface area (Å²) in [6.45, 7) is 4.36. The first kappa shape index (κ1) is 22.1. The van der Waals surface area contributed by atoms with Gasteiger partial charge in [0.2, 0.25) is 6.79 Å². The fraction of sp³-hybridized carbons (Fsp3) is 0.296. The SMILES string of the molecule is O=C(COc1ccccc1)NCC(c1ccc2c(c1)OCO2)N1CCN(c2ccccc2)CC1. The van der Waals surface area contributed by atoms with Crippen molar-refractivity contribution in [2.24, 2.45) is 0 Å². The molecule has 0 spiro atoms. The van der Waals surface area contributed by atoms with E-state index in [-0.39, 0.29) is 25.3 Å². The van der Waals surface area contributed by atoms with Gasteiger partial charge in [-0.1, -0.05) is 42.5 Å². The van der Waals surface area contributed by atoms with Gasteiger partial charge in [-0.05, 0) is 42.0 Å². The minimum atomic E-state index is -0.141. The fourth-order valence-corrected chi connectivity index (χ4v) is 4.44. The maximum absolute atomic E-state index is 12.6. The molecule has 7 nitrogen and oxygen atoms in total. The van der Waals surface area contributed by atoms with Crippen molar-refractivity contribution in [3.8, 4) is 17.2 Å². The average molecular weight is 460 g/mol. The molecule has 34 heavy (non-hydrogen) atoms. The standard InChI is InChI=1S/C27H29N3O4/c31-27(19-32-23-9-5-2-6-10-23)28-18-24(21-11-12-25-26(17-21)34-20-33-25)30-15-13-29(14-16-30)22-7-3-1-4-8-22/h1-12,17,24H,13-16,18-20H2,(H,28,31). The Balaban J connectivity index is 1.25. The van der Waals surface area contributed by atoms with Crippen LogP contribution < -0.4 is 24.4 Å². The second-order valence-electron chi connectivity index (χ2n) is 8.39. The van der Waals surface area contributed by atoms with Crippen LogP contribution in [-0.4, -0.2) is 56.9 Å². The molecule has 176 valence electrons. The minimum absolute atomic E-state index is 0.0142. The van der Waals surface area contributed by atoms with Crippen LogP contribution in [0.3, 0.4) is 0 Å². The quantitative estimate of drug-likeness (QED) is 0.557. The van der Waals surface area contributed by atoms with Crippen LogP contribution >= 0.6 is 0 Å². The summed E-state index contributed by atoms with van der Waals surface area (Å²) in [5.41, 5.74) is 2.34. The van der Waals surface area contributed by atoms with Crippen LogP contribution in [0.15, 0.2) is 78.9 Å². The first-order valence-corrected chi connectivity index (χ1v) is 11.6. The summed E-state index contributed by atoms with van der Waals surface area (Å²) < 4.78 is 16.7. The molecule has 1 saturated heterocycles. The highest BCUT2D eigenvalue weighted by molar-refractivity contribution is 5.77. The molecule has 1 fully saturated rings. The molecule has 2 heterocycles. The second-order valence-corrected chi connectivity index (χ2v) is 8.39. The number of hydrogen-bond donors (Lipinski definition) is 1. The predicted molar refractivity (Wildman–Crippen MR) is 130 cm³/mol. The number of rotatable bonds is 8. The van der Waals surface area contributed by atoms with E-state index in [2.05, 4.69) is 45.4 Å². The highest BCUT2D eigenvalue weighted by Gasteiger charge is 2.27. The van der Waals surface area contributed by atoms with Crippen molar-refractivity contribution >= 4 is 11.6 Å². The number of carbonyl (C=O) groups is 1. The third kappa shape index (κ3) is 5.26. The Morgan fingerprint density at radius 3 is 2.35 bits per heavy atom. The number of para-hydroxylation sites is 2. The molecular formula is C27H29N3O4. The molecule has 1 atom stereocenters. The van der Waals surface area contributed by atoms with Crippen molar-refractivity contribution in [1.82, 2.24) is 10.2 Å². The highest BCUT2D eigenvalue weighted by Crippen LogP contribution is 2.35. The number of benzene rings is 3. The molecule has 0 saturated carbocycles. The van der Waals surface area contributed by atoms with Crippen LogP contribution in [0.4, 0.5) is 5.69 Å². The van der Waals surface area contributed by atoms with Crippen molar-refractivity contribution < 1.29 is 19.0 Å². The van der Waals surface area contributed by atoms with Crippen LogP contribution in [0, 0.1) is 0 Å². The fourth-order valence-electron chi connectivity index (χ4n) is 4.44.